The third-order valence-electron chi connectivity index (χ3n) is 7.50. The second kappa shape index (κ2) is 10.1. The molecule has 4 aromatic rings. The first kappa shape index (κ1) is 24.5. The van der Waals surface area contributed by atoms with Crippen LogP contribution in [0.3, 0.4) is 0 Å². The zero-order valence-corrected chi connectivity index (χ0v) is 23.2. The Kier molecular flexibility index (Phi) is 7.05. The van der Waals surface area contributed by atoms with Gasteiger partial charge in [-0.3, -0.25) is 0 Å². The molecular weight excluding hydrogens is 546 g/mol. The summed E-state index contributed by atoms with van der Waals surface area (Å²) in [6.45, 7) is 0. The maximum absolute atomic E-state index is 2.56. The Morgan fingerprint density at radius 3 is 2.17 bits per heavy atom. The molecule has 2 atom stereocenters. The van der Waals surface area contributed by atoms with Crippen LogP contribution in [0.4, 0.5) is 0 Å². The summed E-state index contributed by atoms with van der Waals surface area (Å²) in [6.07, 6.45) is 9.85. The summed E-state index contributed by atoms with van der Waals surface area (Å²) in [5, 5.41) is 0. The quantitative estimate of drug-likeness (QED) is 0.355. The SMILES string of the molecule is C1=C[CH]([Zr+2][CH]2C3=Cc4c(cccc42)-c2ccccc2CC3)c2cccc(-c3ccccc3)c21.[Cl-].[Cl-]. The molecule has 0 aliphatic heterocycles. The molecular formula is C32H24Cl2Zr. The number of hydrogen-bond acceptors (Lipinski definition) is 0. The summed E-state index contributed by atoms with van der Waals surface area (Å²) in [6, 6.07) is 33.9. The first-order valence-corrected chi connectivity index (χ1v) is 14.7. The monoisotopic (exact) mass is 568 g/mol. The van der Waals surface area contributed by atoms with Crippen molar-refractivity contribution in [2.45, 2.75) is 20.1 Å². The van der Waals surface area contributed by atoms with Crippen LogP contribution in [0.15, 0.2) is 103 Å². The minimum atomic E-state index is -0.803. The average Bonchev–Trinajstić information content (AvgIpc) is 3.44. The summed E-state index contributed by atoms with van der Waals surface area (Å²) in [5.41, 5.74) is 14.9. The van der Waals surface area contributed by atoms with Gasteiger partial charge in [0.2, 0.25) is 0 Å². The van der Waals surface area contributed by atoms with Gasteiger partial charge in [-0.2, -0.15) is 0 Å². The van der Waals surface area contributed by atoms with Crippen LogP contribution in [0.2, 0.25) is 0 Å². The van der Waals surface area contributed by atoms with Gasteiger partial charge < -0.3 is 24.8 Å². The number of hydrogen-bond donors (Lipinski definition) is 0. The Morgan fingerprint density at radius 1 is 0.600 bits per heavy atom. The third-order valence-corrected chi connectivity index (χ3v) is 12.1. The molecule has 2 bridgehead atoms. The van der Waals surface area contributed by atoms with Crippen LogP contribution in [-0.4, -0.2) is 0 Å². The van der Waals surface area contributed by atoms with Crippen LogP contribution in [0.25, 0.3) is 34.4 Å². The molecule has 3 aliphatic rings. The predicted molar refractivity (Wildman–Crippen MR) is 135 cm³/mol. The van der Waals surface area contributed by atoms with Crippen molar-refractivity contribution in [1.29, 1.82) is 0 Å². The molecule has 0 heterocycles. The van der Waals surface area contributed by atoms with Gasteiger partial charge in [-0.1, -0.05) is 0 Å². The zero-order chi connectivity index (χ0) is 21.8. The van der Waals surface area contributed by atoms with Crippen molar-refractivity contribution in [2.24, 2.45) is 0 Å². The summed E-state index contributed by atoms with van der Waals surface area (Å²) in [7, 11) is 0. The van der Waals surface area contributed by atoms with E-state index >= 15 is 0 Å². The molecule has 0 radical (unpaired) electrons. The van der Waals surface area contributed by atoms with Crippen LogP contribution in [0, 0.1) is 0 Å². The van der Waals surface area contributed by atoms with E-state index in [9.17, 15) is 0 Å². The van der Waals surface area contributed by atoms with Crippen molar-refractivity contribution in [3.05, 3.63) is 130 Å². The molecule has 0 fully saturated rings. The standard InChI is InChI=1S/C17H13.C15H11.2ClH.Zr/c1-2-6-15-13(4-1)9-8-12-10-14-5-3-7-16(15)17(14)11-12;1-2-6-12(7-3-1)14-10-4-8-13-9-5-11-15(13)14;;;/h1-7,10-11H,8-9H2;1-11H;2*1H;/q;;;;+2/p-2. The third kappa shape index (κ3) is 4.13. The second-order valence-corrected chi connectivity index (χ2v) is 13.1. The summed E-state index contributed by atoms with van der Waals surface area (Å²) in [5.74, 6) is 0. The molecule has 3 heteroatoms. The van der Waals surface area contributed by atoms with E-state index in [1.807, 2.05) is 0 Å². The molecule has 0 saturated heterocycles. The van der Waals surface area contributed by atoms with Crippen LogP contribution in [0.5, 0.6) is 0 Å². The van der Waals surface area contributed by atoms with Crippen LogP contribution < -0.4 is 24.8 Å². The Hall–Kier alpha value is -2.18. The van der Waals surface area contributed by atoms with E-state index in [0.717, 1.165) is 6.42 Å². The van der Waals surface area contributed by atoms with Gasteiger partial charge >= 0.3 is 208 Å². The van der Waals surface area contributed by atoms with Gasteiger partial charge in [0.25, 0.3) is 0 Å². The molecule has 3 aliphatic carbocycles. The number of halogens is 2. The van der Waals surface area contributed by atoms with E-state index in [4.69, 9.17) is 0 Å². The van der Waals surface area contributed by atoms with E-state index < -0.39 is 23.2 Å². The second-order valence-electron chi connectivity index (χ2n) is 9.30. The molecule has 0 amide bonds. The van der Waals surface area contributed by atoms with E-state index in [0.29, 0.717) is 7.25 Å². The number of rotatable bonds is 3. The van der Waals surface area contributed by atoms with Gasteiger partial charge in [-0.15, -0.1) is 0 Å². The van der Waals surface area contributed by atoms with Crippen molar-refractivity contribution in [2.75, 3.05) is 0 Å². The first-order chi connectivity index (χ1) is 16.4. The van der Waals surface area contributed by atoms with Crippen molar-refractivity contribution in [3.63, 3.8) is 0 Å². The van der Waals surface area contributed by atoms with E-state index in [-0.39, 0.29) is 24.8 Å². The van der Waals surface area contributed by atoms with E-state index in [2.05, 4.69) is 109 Å². The van der Waals surface area contributed by atoms with Crippen LogP contribution >= 0.6 is 0 Å². The van der Waals surface area contributed by atoms with Crippen LogP contribution in [-0.2, 0) is 29.7 Å². The van der Waals surface area contributed by atoms with Crippen molar-refractivity contribution in [1.82, 2.24) is 0 Å². The molecule has 170 valence electrons. The van der Waals surface area contributed by atoms with Gasteiger partial charge in [0.1, 0.15) is 0 Å². The molecule has 0 spiro atoms. The molecule has 0 aromatic heterocycles. The molecule has 0 saturated carbocycles. The fourth-order valence-corrected chi connectivity index (χ4v) is 10.5. The summed E-state index contributed by atoms with van der Waals surface area (Å²) >= 11 is -0.803. The molecule has 0 N–H and O–H groups in total. The number of aryl methyl sites for hydroxylation is 1. The molecule has 4 aromatic carbocycles. The van der Waals surface area contributed by atoms with E-state index in [1.54, 1.807) is 16.7 Å². The maximum Gasteiger partial charge on any atom is -1.00 e. The van der Waals surface area contributed by atoms with Gasteiger partial charge in [0.05, 0.1) is 0 Å². The maximum atomic E-state index is 2.56. The number of allylic oxidation sites excluding steroid dienone is 2. The minimum absolute atomic E-state index is 0. The largest absolute Gasteiger partial charge is 1.00 e. The summed E-state index contributed by atoms with van der Waals surface area (Å²) in [4.78, 5) is 0. The normalized spacial score (nSPS) is 18.1. The van der Waals surface area contributed by atoms with Gasteiger partial charge in [-0.25, -0.2) is 0 Å². The Labute approximate surface area is 231 Å². The molecule has 2 unspecified atom stereocenters. The Bertz CT molecular complexity index is 1450. The molecule has 7 rings (SSSR count). The van der Waals surface area contributed by atoms with E-state index in [1.165, 1.54) is 45.4 Å². The van der Waals surface area contributed by atoms with Crippen molar-refractivity contribution in [3.8, 4) is 22.3 Å². The van der Waals surface area contributed by atoms with Gasteiger partial charge in [0, 0.05) is 0 Å². The fourth-order valence-electron chi connectivity index (χ4n) is 5.92. The predicted octanol–water partition coefficient (Wildman–Crippen LogP) is 2.26. The van der Waals surface area contributed by atoms with Gasteiger partial charge in [0.15, 0.2) is 0 Å². The Balaban J connectivity index is 0.00000127. The number of fused-ring (bicyclic) bond motifs is 3. The minimum Gasteiger partial charge on any atom is -1.00 e. The Morgan fingerprint density at radius 2 is 1.31 bits per heavy atom. The van der Waals surface area contributed by atoms with Crippen molar-refractivity contribution >= 4 is 12.2 Å². The van der Waals surface area contributed by atoms with Crippen LogP contribution in [0.1, 0.15) is 41.5 Å². The zero-order valence-electron chi connectivity index (χ0n) is 19.2. The fraction of sp³-hybridized carbons (Fsp3) is 0.125. The van der Waals surface area contributed by atoms with Gasteiger partial charge in [-0.05, 0) is 0 Å². The molecule has 0 nitrogen and oxygen atoms in total. The smallest absolute Gasteiger partial charge is 1.00 e. The summed E-state index contributed by atoms with van der Waals surface area (Å²) < 4.78 is 1.32. The average molecular weight is 571 g/mol. The number of benzene rings is 4. The first-order valence-electron chi connectivity index (χ1n) is 11.9. The molecule has 35 heavy (non-hydrogen) atoms. The topological polar surface area (TPSA) is 0 Å². The van der Waals surface area contributed by atoms with Crippen molar-refractivity contribution < 1.29 is 48.0 Å².